The molecule has 0 saturated carbocycles. The average Bonchev–Trinajstić information content (AvgIpc) is 2.79. The third-order valence-corrected chi connectivity index (χ3v) is 3.22. The molecule has 1 aliphatic rings. The number of nitrogens with zero attached hydrogens (tertiary/aromatic N) is 1. The van der Waals surface area contributed by atoms with Crippen molar-refractivity contribution >= 4 is 6.09 Å². The van der Waals surface area contributed by atoms with Crippen molar-refractivity contribution in [2.24, 2.45) is 0 Å². The molecule has 1 saturated heterocycles. The summed E-state index contributed by atoms with van der Waals surface area (Å²) in [6.07, 6.45) is 0.187. The van der Waals surface area contributed by atoms with Crippen molar-refractivity contribution in [2.45, 2.75) is 25.2 Å². The standard InChI is InChI=1S/C14H17NO3/c1-3-12-9-15(14(17)18-12)10(2)13(16)11-7-5-4-6-8-11/h3-8,10,12-13,16H,1,9H2,2H3/t10-,12?,13+/m0/s1. The maximum absolute atomic E-state index is 11.7. The minimum absolute atomic E-state index is 0.289. The van der Waals surface area contributed by atoms with Crippen LogP contribution in [0.2, 0.25) is 0 Å². The van der Waals surface area contributed by atoms with Gasteiger partial charge in [-0.2, -0.15) is 0 Å². The fraction of sp³-hybridized carbons (Fsp3) is 0.357. The maximum atomic E-state index is 11.7. The monoisotopic (exact) mass is 247 g/mol. The number of rotatable bonds is 4. The summed E-state index contributed by atoms with van der Waals surface area (Å²) in [7, 11) is 0. The first-order valence-electron chi connectivity index (χ1n) is 5.96. The van der Waals surface area contributed by atoms with Gasteiger partial charge < -0.3 is 9.84 Å². The van der Waals surface area contributed by atoms with E-state index >= 15 is 0 Å². The van der Waals surface area contributed by atoms with Crippen LogP contribution in [0.25, 0.3) is 0 Å². The molecule has 4 heteroatoms. The summed E-state index contributed by atoms with van der Waals surface area (Å²) in [4.78, 5) is 13.2. The Labute approximate surface area is 106 Å². The highest BCUT2D eigenvalue weighted by Crippen LogP contribution is 2.24. The van der Waals surface area contributed by atoms with Gasteiger partial charge in [0.1, 0.15) is 6.10 Å². The second kappa shape index (κ2) is 5.23. The Bertz CT molecular complexity index is 432. The second-order valence-corrected chi connectivity index (χ2v) is 4.41. The molecule has 1 N–H and O–H groups in total. The van der Waals surface area contributed by atoms with E-state index in [4.69, 9.17) is 4.74 Å². The number of carbonyl (C=O) groups excluding carboxylic acids is 1. The van der Waals surface area contributed by atoms with Crippen molar-refractivity contribution in [1.82, 2.24) is 4.90 Å². The Morgan fingerprint density at radius 1 is 1.50 bits per heavy atom. The smallest absolute Gasteiger partial charge is 0.410 e. The van der Waals surface area contributed by atoms with Gasteiger partial charge in [-0.05, 0) is 18.6 Å². The van der Waals surface area contributed by atoms with Gasteiger partial charge in [0.15, 0.2) is 0 Å². The van der Waals surface area contributed by atoms with Crippen LogP contribution in [0, 0.1) is 0 Å². The van der Waals surface area contributed by atoms with Gasteiger partial charge >= 0.3 is 6.09 Å². The molecule has 0 aliphatic carbocycles. The van der Waals surface area contributed by atoms with Gasteiger partial charge in [0, 0.05) is 0 Å². The molecule has 96 valence electrons. The van der Waals surface area contributed by atoms with Crippen molar-refractivity contribution in [3.05, 3.63) is 48.6 Å². The average molecular weight is 247 g/mol. The third kappa shape index (κ3) is 2.38. The molecule has 1 aromatic rings. The highest BCUT2D eigenvalue weighted by atomic mass is 16.6. The Kier molecular flexibility index (Phi) is 3.67. The van der Waals surface area contributed by atoms with Crippen LogP contribution in [0.5, 0.6) is 0 Å². The predicted octanol–water partition coefficient (Wildman–Crippen LogP) is 2.12. The van der Waals surface area contributed by atoms with Crippen LogP contribution in [-0.2, 0) is 4.74 Å². The van der Waals surface area contributed by atoms with Crippen LogP contribution < -0.4 is 0 Å². The first kappa shape index (κ1) is 12.6. The molecule has 3 atom stereocenters. The molecule has 1 aromatic carbocycles. The van der Waals surface area contributed by atoms with Crippen LogP contribution in [0.15, 0.2) is 43.0 Å². The van der Waals surface area contributed by atoms with E-state index in [0.717, 1.165) is 5.56 Å². The number of carbonyl (C=O) groups is 1. The topological polar surface area (TPSA) is 49.8 Å². The lowest BCUT2D eigenvalue weighted by Gasteiger charge is -2.26. The molecule has 1 aliphatic heterocycles. The summed E-state index contributed by atoms with van der Waals surface area (Å²) in [6.45, 7) is 5.86. The molecule has 0 aromatic heterocycles. The predicted molar refractivity (Wildman–Crippen MR) is 68.0 cm³/mol. The number of aliphatic hydroxyl groups is 1. The number of cyclic esters (lactones) is 1. The Morgan fingerprint density at radius 2 is 2.17 bits per heavy atom. The summed E-state index contributed by atoms with van der Waals surface area (Å²) in [6, 6.07) is 8.96. The van der Waals surface area contributed by atoms with E-state index in [1.54, 1.807) is 6.08 Å². The number of benzene rings is 1. The van der Waals surface area contributed by atoms with Crippen molar-refractivity contribution in [3.63, 3.8) is 0 Å². The van der Waals surface area contributed by atoms with E-state index in [1.807, 2.05) is 37.3 Å². The van der Waals surface area contributed by atoms with E-state index in [9.17, 15) is 9.90 Å². The largest absolute Gasteiger partial charge is 0.440 e. The molecule has 0 bridgehead atoms. The van der Waals surface area contributed by atoms with E-state index < -0.39 is 12.2 Å². The highest BCUT2D eigenvalue weighted by Gasteiger charge is 2.35. The molecule has 4 nitrogen and oxygen atoms in total. The molecule has 1 fully saturated rings. The zero-order chi connectivity index (χ0) is 13.1. The van der Waals surface area contributed by atoms with Crippen LogP contribution in [0.3, 0.4) is 0 Å². The fourth-order valence-corrected chi connectivity index (χ4v) is 2.06. The quantitative estimate of drug-likeness (QED) is 0.829. The second-order valence-electron chi connectivity index (χ2n) is 4.41. The van der Waals surface area contributed by atoms with Gasteiger partial charge in [0.05, 0.1) is 18.7 Å². The lowest BCUT2D eigenvalue weighted by molar-refractivity contribution is 0.0769. The molecule has 2 rings (SSSR count). The molecular formula is C14H17NO3. The molecular weight excluding hydrogens is 230 g/mol. The molecule has 18 heavy (non-hydrogen) atoms. The van der Waals surface area contributed by atoms with Crippen LogP contribution >= 0.6 is 0 Å². The summed E-state index contributed by atoms with van der Waals surface area (Å²) < 4.78 is 5.09. The zero-order valence-electron chi connectivity index (χ0n) is 10.3. The first-order chi connectivity index (χ1) is 8.63. The fourth-order valence-electron chi connectivity index (χ4n) is 2.06. The van der Waals surface area contributed by atoms with Crippen LogP contribution in [0.1, 0.15) is 18.6 Å². The van der Waals surface area contributed by atoms with Crippen molar-refractivity contribution in [1.29, 1.82) is 0 Å². The zero-order valence-corrected chi connectivity index (χ0v) is 10.3. The van der Waals surface area contributed by atoms with Gasteiger partial charge in [-0.15, -0.1) is 0 Å². The summed E-state index contributed by atoms with van der Waals surface area (Å²) in [5, 5.41) is 10.3. The Balaban J connectivity index is 2.10. The van der Waals surface area contributed by atoms with Gasteiger partial charge in [-0.1, -0.05) is 36.9 Å². The van der Waals surface area contributed by atoms with Crippen molar-refractivity contribution in [3.8, 4) is 0 Å². The summed E-state index contributed by atoms with van der Waals surface area (Å²) in [5.41, 5.74) is 0.792. The van der Waals surface area contributed by atoms with E-state index in [0.29, 0.717) is 6.54 Å². The van der Waals surface area contributed by atoms with E-state index in [2.05, 4.69) is 6.58 Å². The Morgan fingerprint density at radius 3 is 2.72 bits per heavy atom. The van der Waals surface area contributed by atoms with E-state index in [-0.39, 0.29) is 12.1 Å². The SMILES string of the molecule is C=CC1CN([C@@H](C)[C@@H](O)c2ccccc2)C(=O)O1. The number of hydrogen-bond acceptors (Lipinski definition) is 3. The lowest BCUT2D eigenvalue weighted by Crippen LogP contribution is -2.38. The van der Waals surface area contributed by atoms with Gasteiger partial charge in [-0.25, -0.2) is 4.79 Å². The van der Waals surface area contributed by atoms with E-state index in [1.165, 1.54) is 4.90 Å². The third-order valence-electron chi connectivity index (χ3n) is 3.22. The molecule has 1 heterocycles. The lowest BCUT2D eigenvalue weighted by atomic mass is 10.0. The highest BCUT2D eigenvalue weighted by molar-refractivity contribution is 5.70. The minimum atomic E-state index is -0.720. The normalized spacial score (nSPS) is 22.4. The number of aliphatic hydroxyl groups excluding tert-OH is 1. The number of amides is 1. The number of ether oxygens (including phenoxy) is 1. The molecule has 0 radical (unpaired) electrons. The minimum Gasteiger partial charge on any atom is -0.440 e. The summed E-state index contributed by atoms with van der Waals surface area (Å²) >= 11 is 0. The van der Waals surface area contributed by atoms with Gasteiger partial charge in [0.2, 0.25) is 0 Å². The molecule has 1 amide bonds. The van der Waals surface area contributed by atoms with Crippen LogP contribution in [-0.4, -0.2) is 34.8 Å². The Hall–Kier alpha value is -1.81. The van der Waals surface area contributed by atoms with Crippen LogP contribution in [0.4, 0.5) is 4.79 Å². The molecule has 0 spiro atoms. The van der Waals surface area contributed by atoms with Crippen molar-refractivity contribution in [2.75, 3.05) is 6.54 Å². The van der Waals surface area contributed by atoms with Gasteiger partial charge in [-0.3, -0.25) is 4.90 Å². The first-order valence-corrected chi connectivity index (χ1v) is 5.96. The number of hydrogen-bond donors (Lipinski definition) is 1. The van der Waals surface area contributed by atoms with Gasteiger partial charge in [0.25, 0.3) is 0 Å². The van der Waals surface area contributed by atoms with Crippen molar-refractivity contribution < 1.29 is 14.6 Å². The summed E-state index contributed by atoms with van der Waals surface area (Å²) in [5.74, 6) is 0. The maximum Gasteiger partial charge on any atom is 0.410 e. The molecule has 1 unspecified atom stereocenters.